The SMILES string of the molecule is Cc1cc(C(=O)N(Cc2c(F)cccc2Cl)C2CCS(=O)(=O)C2)cc(C)c1Cl. The summed E-state index contributed by atoms with van der Waals surface area (Å²) in [5.74, 6) is -1.04. The second-order valence-electron chi connectivity index (χ2n) is 7.11. The highest BCUT2D eigenvalue weighted by Crippen LogP contribution is 2.28. The molecule has 1 fully saturated rings. The second kappa shape index (κ2) is 8.01. The molecule has 1 heterocycles. The lowest BCUT2D eigenvalue weighted by atomic mass is 10.0. The van der Waals surface area contributed by atoms with E-state index in [1.165, 1.54) is 17.0 Å². The van der Waals surface area contributed by atoms with Gasteiger partial charge in [0.05, 0.1) is 18.1 Å². The van der Waals surface area contributed by atoms with Gasteiger partial charge in [0.1, 0.15) is 5.82 Å². The molecule has 2 aromatic carbocycles. The van der Waals surface area contributed by atoms with Crippen LogP contribution in [0.4, 0.5) is 4.39 Å². The molecule has 1 unspecified atom stereocenters. The maximum absolute atomic E-state index is 14.3. The van der Waals surface area contributed by atoms with Crippen LogP contribution >= 0.6 is 23.2 Å². The number of hydrogen-bond donors (Lipinski definition) is 0. The fourth-order valence-electron chi connectivity index (χ4n) is 3.48. The maximum atomic E-state index is 14.3. The summed E-state index contributed by atoms with van der Waals surface area (Å²) in [5, 5.41) is 0.769. The van der Waals surface area contributed by atoms with Gasteiger partial charge in [0, 0.05) is 27.2 Å². The van der Waals surface area contributed by atoms with Gasteiger partial charge in [0.2, 0.25) is 0 Å². The van der Waals surface area contributed by atoms with E-state index in [2.05, 4.69) is 0 Å². The summed E-state index contributed by atoms with van der Waals surface area (Å²) in [7, 11) is -3.23. The third kappa shape index (κ3) is 4.34. The fraction of sp³-hybridized carbons (Fsp3) is 0.350. The molecular weight excluding hydrogens is 424 g/mol. The lowest BCUT2D eigenvalue weighted by molar-refractivity contribution is 0.0679. The van der Waals surface area contributed by atoms with Gasteiger partial charge in [-0.05, 0) is 55.7 Å². The van der Waals surface area contributed by atoms with E-state index in [1.807, 2.05) is 0 Å². The summed E-state index contributed by atoms with van der Waals surface area (Å²) in [6, 6.07) is 7.09. The Labute approximate surface area is 174 Å². The van der Waals surface area contributed by atoms with Crippen LogP contribution in [0.5, 0.6) is 0 Å². The van der Waals surface area contributed by atoms with Crippen molar-refractivity contribution in [1.29, 1.82) is 0 Å². The zero-order valence-electron chi connectivity index (χ0n) is 15.5. The van der Waals surface area contributed by atoms with Crippen LogP contribution < -0.4 is 0 Å². The Bertz CT molecular complexity index is 996. The zero-order valence-corrected chi connectivity index (χ0v) is 17.8. The molecule has 1 amide bonds. The van der Waals surface area contributed by atoms with Gasteiger partial charge in [-0.25, -0.2) is 12.8 Å². The average molecular weight is 444 g/mol. The Hall–Kier alpha value is -1.63. The number of carbonyl (C=O) groups excluding carboxylic acids is 1. The Kier molecular flexibility index (Phi) is 6.03. The molecule has 0 spiro atoms. The summed E-state index contributed by atoms with van der Waals surface area (Å²) in [4.78, 5) is 14.7. The first-order valence-electron chi connectivity index (χ1n) is 8.80. The fourth-order valence-corrected chi connectivity index (χ4v) is 5.54. The summed E-state index contributed by atoms with van der Waals surface area (Å²) in [6.45, 7) is 3.49. The van der Waals surface area contributed by atoms with E-state index in [-0.39, 0.29) is 34.5 Å². The van der Waals surface area contributed by atoms with E-state index < -0.39 is 21.7 Å². The molecule has 1 atom stereocenters. The van der Waals surface area contributed by atoms with Crippen molar-refractivity contribution in [1.82, 2.24) is 4.90 Å². The van der Waals surface area contributed by atoms with Crippen LogP contribution in [0, 0.1) is 19.7 Å². The van der Waals surface area contributed by atoms with Crippen LogP contribution in [-0.4, -0.2) is 36.8 Å². The summed E-state index contributed by atoms with van der Waals surface area (Å²) in [6.07, 6.45) is 0.311. The van der Waals surface area contributed by atoms with E-state index in [0.29, 0.717) is 17.0 Å². The molecule has 4 nitrogen and oxygen atoms in total. The molecule has 2 aromatic rings. The molecule has 150 valence electrons. The molecular formula is C20H20Cl2FNO3S. The van der Waals surface area contributed by atoms with Crippen molar-refractivity contribution in [2.24, 2.45) is 0 Å². The number of nitrogens with zero attached hydrogens (tertiary/aromatic N) is 1. The van der Waals surface area contributed by atoms with Crippen molar-refractivity contribution >= 4 is 38.9 Å². The highest BCUT2D eigenvalue weighted by Gasteiger charge is 2.36. The maximum Gasteiger partial charge on any atom is 0.254 e. The second-order valence-corrected chi connectivity index (χ2v) is 10.1. The minimum absolute atomic E-state index is 0.00508. The Morgan fingerprint density at radius 1 is 1.21 bits per heavy atom. The molecule has 8 heteroatoms. The Morgan fingerprint density at radius 2 is 1.86 bits per heavy atom. The largest absolute Gasteiger partial charge is 0.330 e. The van der Waals surface area contributed by atoms with Gasteiger partial charge in [-0.15, -0.1) is 0 Å². The van der Waals surface area contributed by atoms with Gasteiger partial charge in [-0.1, -0.05) is 29.3 Å². The molecule has 0 saturated carbocycles. The molecule has 0 aliphatic carbocycles. The first-order chi connectivity index (χ1) is 13.1. The number of benzene rings is 2. The van der Waals surface area contributed by atoms with Gasteiger partial charge in [-0.3, -0.25) is 4.79 Å². The van der Waals surface area contributed by atoms with Gasteiger partial charge in [0.25, 0.3) is 5.91 Å². The minimum Gasteiger partial charge on any atom is -0.330 e. The number of rotatable bonds is 4. The zero-order chi connectivity index (χ0) is 20.6. The molecule has 0 bridgehead atoms. The van der Waals surface area contributed by atoms with Crippen LogP contribution in [0.3, 0.4) is 0 Å². The first kappa shape index (κ1) is 21.1. The quantitative estimate of drug-likeness (QED) is 0.694. The normalized spacial score (nSPS) is 18.2. The molecule has 1 aliphatic rings. The number of amides is 1. The Balaban J connectivity index is 2.02. The van der Waals surface area contributed by atoms with E-state index >= 15 is 0 Å². The topological polar surface area (TPSA) is 54.5 Å². The monoisotopic (exact) mass is 443 g/mol. The smallest absolute Gasteiger partial charge is 0.254 e. The lowest BCUT2D eigenvalue weighted by Gasteiger charge is -2.29. The third-order valence-electron chi connectivity index (χ3n) is 4.98. The third-order valence-corrected chi connectivity index (χ3v) is 7.68. The van der Waals surface area contributed by atoms with Gasteiger partial charge in [-0.2, -0.15) is 0 Å². The van der Waals surface area contributed by atoms with Gasteiger partial charge in [0.15, 0.2) is 9.84 Å². The van der Waals surface area contributed by atoms with Crippen molar-refractivity contribution in [3.8, 4) is 0 Å². The van der Waals surface area contributed by atoms with Crippen LogP contribution in [0.25, 0.3) is 0 Å². The van der Waals surface area contributed by atoms with Crippen LogP contribution in [0.2, 0.25) is 10.0 Å². The van der Waals surface area contributed by atoms with Gasteiger partial charge >= 0.3 is 0 Å². The number of halogens is 3. The summed E-state index contributed by atoms with van der Waals surface area (Å²) >= 11 is 12.3. The number of aryl methyl sites for hydroxylation is 2. The predicted molar refractivity (Wildman–Crippen MR) is 109 cm³/mol. The molecule has 3 rings (SSSR count). The number of sulfone groups is 1. The minimum atomic E-state index is -3.23. The molecule has 1 aliphatic heterocycles. The summed E-state index contributed by atoms with van der Waals surface area (Å²) in [5.41, 5.74) is 2.04. The Morgan fingerprint density at radius 3 is 2.39 bits per heavy atom. The molecule has 0 radical (unpaired) electrons. The van der Waals surface area contributed by atoms with Crippen molar-refractivity contribution in [2.45, 2.75) is 32.9 Å². The standard InChI is InChI=1S/C20H20Cl2FNO3S/c1-12-8-14(9-13(2)19(12)22)20(25)24(15-6-7-28(26,27)11-15)10-16-17(21)4-3-5-18(16)23/h3-5,8-9,15H,6-7,10-11H2,1-2H3. The average Bonchev–Trinajstić information content (AvgIpc) is 2.98. The number of hydrogen-bond acceptors (Lipinski definition) is 3. The molecule has 0 N–H and O–H groups in total. The highest BCUT2D eigenvalue weighted by molar-refractivity contribution is 7.91. The van der Waals surface area contributed by atoms with Crippen LogP contribution in [0.1, 0.15) is 33.5 Å². The van der Waals surface area contributed by atoms with Crippen molar-refractivity contribution in [3.63, 3.8) is 0 Å². The molecule has 1 saturated heterocycles. The number of carbonyl (C=O) groups is 1. The van der Waals surface area contributed by atoms with E-state index in [9.17, 15) is 17.6 Å². The summed E-state index contributed by atoms with van der Waals surface area (Å²) < 4.78 is 38.3. The molecule has 0 aromatic heterocycles. The predicted octanol–water partition coefficient (Wildman–Crippen LogP) is 4.58. The van der Waals surface area contributed by atoms with Crippen LogP contribution in [-0.2, 0) is 16.4 Å². The van der Waals surface area contributed by atoms with E-state index in [4.69, 9.17) is 23.2 Å². The van der Waals surface area contributed by atoms with Crippen molar-refractivity contribution in [2.75, 3.05) is 11.5 Å². The van der Waals surface area contributed by atoms with E-state index in [1.54, 1.807) is 32.0 Å². The van der Waals surface area contributed by atoms with Crippen molar-refractivity contribution in [3.05, 3.63) is 68.4 Å². The first-order valence-corrected chi connectivity index (χ1v) is 11.4. The van der Waals surface area contributed by atoms with E-state index in [0.717, 1.165) is 11.1 Å². The van der Waals surface area contributed by atoms with Gasteiger partial charge < -0.3 is 4.90 Å². The molecule has 28 heavy (non-hydrogen) atoms. The van der Waals surface area contributed by atoms with Crippen LogP contribution in [0.15, 0.2) is 30.3 Å². The van der Waals surface area contributed by atoms with Crippen molar-refractivity contribution < 1.29 is 17.6 Å². The highest BCUT2D eigenvalue weighted by atomic mass is 35.5. The lowest BCUT2D eigenvalue weighted by Crippen LogP contribution is -2.41.